The van der Waals surface area contributed by atoms with Gasteiger partial charge in [0.25, 0.3) is 0 Å². The van der Waals surface area contributed by atoms with E-state index < -0.39 is 0 Å². The molecule has 2 aliphatic heterocycles. The van der Waals surface area contributed by atoms with Crippen LogP contribution in [-0.4, -0.2) is 66.3 Å². The van der Waals surface area contributed by atoms with Crippen LogP contribution < -0.4 is 4.90 Å². The van der Waals surface area contributed by atoms with Crippen molar-refractivity contribution in [2.45, 2.75) is 18.7 Å². The summed E-state index contributed by atoms with van der Waals surface area (Å²) in [5, 5.41) is 11.4. The fraction of sp³-hybridized carbons (Fsp3) is 0.429. The quantitative estimate of drug-likeness (QED) is 0.895. The first kappa shape index (κ1) is 17.8. The molecule has 2 atom stereocenters. The van der Waals surface area contributed by atoms with Crippen molar-refractivity contribution in [1.82, 2.24) is 9.80 Å². The molecule has 0 amide bonds. The maximum Gasteiger partial charge on any atom is 0.0834 e. The van der Waals surface area contributed by atoms with E-state index in [1.54, 1.807) is 0 Å². The Hall–Kier alpha value is -1.59. The Balaban J connectivity index is 1.34. The Morgan fingerprint density at radius 3 is 2.31 bits per heavy atom. The Kier molecular flexibility index (Phi) is 5.46. The number of aliphatic hydroxyl groups excluding tert-OH is 1. The molecular weight excluding hydrogens is 346 g/mol. The second-order valence-corrected chi connectivity index (χ2v) is 7.70. The lowest BCUT2D eigenvalue weighted by atomic mass is 10.1. The summed E-state index contributed by atoms with van der Waals surface area (Å²) in [4.78, 5) is 7.16. The number of hydrogen-bond donors (Lipinski definition) is 1. The number of likely N-dealkylation sites (tertiary alicyclic amines) is 1. The molecule has 0 aliphatic carbocycles. The summed E-state index contributed by atoms with van der Waals surface area (Å²) in [6.45, 7) is 6.43. The zero-order valence-electron chi connectivity index (χ0n) is 15.0. The van der Waals surface area contributed by atoms with Crippen LogP contribution in [0.5, 0.6) is 0 Å². The molecule has 4 nitrogen and oxygen atoms in total. The summed E-state index contributed by atoms with van der Waals surface area (Å²) < 4.78 is 0. The predicted octanol–water partition coefficient (Wildman–Crippen LogP) is 2.71. The van der Waals surface area contributed by atoms with Crippen LogP contribution in [0.2, 0.25) is 5.02 Å². The van der Waals surface area contributed by atoms with E-state index >= 15 is 0 Å². The van der Waals surface area contributed by atoms with E-state index in [-0.39, 0.29) is 12.1 Å². The predicted molar refractivity (Wildman–Crippen MR) is 107 cm³/mol. The van der Waals surface area contributed by atoms with Gasteiger partial charge in [-0.2, -0.15) is 0 Å². The van der Waals surface area contributed by atoms with Gasteiger partial charge in [-0.3, -0.25) is 9.80 Å². The van der Waals surface area contributed by atoms with Gasteiger partial charge in [0.05, 0.1) is 16.8 Å². The van der Waals surface area contributed by atoms with Crippen molar-refractivity contribution in [3.05, 3.63) is 65.2 Å². The van der Waals surface area contributed by atoms with Gasteiger partial charge >= 0.3 is 0 Å². The van der Waals surface area contributed by atoms with Crippen molar-refractivity contribution in [2.24, 2.45) is 0 Å². The number of hydrogen-bond acceptors (Lipinski definition) is 4. The van der Waals surface area contributed by atoms with E-state index in [9.17, 15) is 5.11 Å². The van der Waals surface area contributed by atoms with Crippen LogP contribution in [0, 0.1) is 0 Å². The summed E-state index contributed by atoms with van der Waals surface area (Å²) in [5.41, 5.74) is 2.43. The topological polar surface area (TPSA) is 30.0 Å². The highest BCUT2D eigenvalue weighted by atomic mass is 35.5. The Morgan fingerprint density at radius 2 is 1.58 bits per heavy atom. The van der Waals surface area contributed by atoms with E-state index in [1.165, 1.54) is 5.56 Å². The molecular formula is C21H26ClN3O. The van der Waals surface area contributed by atoms with Gasteiger partial charge in [-0.15, -0.1) is 0 Å². The number of benzene rings is 2. The van der Waals surface area contributed by atoms with Crippen molar-refractivity contribution in [3.63, 3.8) is 0 Å². The lowest BCUT2D eigenvalue weighted by Crippen LogP contribution is -2.53. The van der Waals surface area contributed by atoms with Crippen molar-refractivity contribution in [1.29, 1.82) is 0 Å². The second kappa shape index (κ2) is 7.97. The molecule has 0 spiro atoms. The van der Waals surface area contributed by atoms with Crippen molar-refractivity contribution >= 4 is 17.3 Å². The van der Waals surface area contributed by atoms with E-state index in [0.717, 1.165) is 56.5 Å². The summed E-state index contributed by atoms with van der Waals surface area (Å²) in [6, 6.07) is 18.8. The number of para-hydroxylation sites is 1. The van der Waals surface area contributed by atoms with Crippen LogP contribution in [-0.2, 0) is 6.54 Å². The first-order valence-corrected chi connectivity index (χ1v) is 9.76. The molecule has 1 unspecified atom stereocenters. The van der Waals surface area contributed by atoms with E-state index in [4.69, 9.17) is 11.6 Å². The third-order valence-electron chi connectivity index (χ3n) is 5.56. The maximum absolute atomic E-state index is 10.6. The first-order valence-electron chi connectivity index (χ1n) is 9.38. The van der Waals surface area contributed by atoms with Gasteiger partial charge < -0.3 is 10.0 Å². The van der Waals surface area contributed by atoms with Gasteiger partial charge in [0, 0.05) is 51.9 Å². The molecule has 0 aromatic heterocycles. The smallest absolute Gasteiger partial charge is 0.0834 e. The second-order valence-electron chi connectivity index (χ2n) is 7.29. The molecule has 2 aromatic carbocycles. The first-order chi connectivity index (χ1) is 12.7. The average Bonchev–Trinajstić information content (AvgIpc) is 3.03. The fourth-order valence-corrected chi connectivity index (χ4v) is 4.43. The Labute approximate surface area is 160 Å². The number of nitrogens with zero attached hydrogens (tertiary/aromatic N) is 3. The molecule has 4 rings (SSSR count). The summed E-state index contributed by atoms with van der Waals surface area (Å²) in [6.07, 6.45) is -0.273. The van der Waals surface area contributed by atoms with Gasteiger partial charge in [-0.25, -0.2) is 0 Å². The molecule has 2 aromatic rings. The van der Waals surface area contributed by atoms with Crippen LogP contribution in [0.15, 0.2) is 54.6 Å². The van der Waals surface area contributed by atoms with Gasteiger partial charge in [-0.05, 0) is 17.7 Å². The monoisotopic (exact) mass is 371 g/mol. The van der Waals surface area contributed by atoms with Crippen LogP contribution >= 0.6 is 11.6 Å². The Morgan fingerprint density at radius 1 is 0.885 bits per heavy atom. The highest BCUT2D eigenvalue weighted by Crippen LogP contribution is 2.27. The largest absolute Gasteiger partial charge is 0.390 e. The Bertz CT molecular complexity index is 718. The van der Waals surface area contributed by atoms with Gasteiger partial charge in [0.1, 0.15) is 0 Å². The molecule has 2 saturated heterocycles. The number of halogens is 1. The number of anilines is 1. The number of β-amino-alcohol motifs (C(OH)–C–C–N with tert-alkyl or cyclic N) is 1. The third-order valence-corrected chi connectivity index (χ3v) is 5.88. The van der Waals surface area contributed by atoms with Gasteiger partial charge in [-0.1, -0.05) is 54.1 Å². The zero-order chi connectivity index (χ0) is 17.9. The minimum Gasteiger partial charge on any atom is -0.390 e. The molecule has 0 bridgehead atoms. The average molecular weight is 372 g/mol. The van der Waals surface area contributed by atoms with Crippen molar-refractivity contribution < 1.29 is 5.11 Å². The van der Waals surface area contributed by atoms with Crippen molar-refractivity contribution in [3.8, 4) is 0 Å². The fourth-order valence-electron chi connectivity index (χ4n) is 4.18. The molecule has 138 valence electrons. The van der Waals surface area contributed by atoms with Crippen LogP contribution in [0.3, 0.4) is 0 Å². The van der Waals surface area contributed by atoms with Crippen LogP contribution in [0.25, 0.3) is 0 Å². The van der Waals surface area contributed by atoms with Crippen LogP contribution in [0.4, 0.5) is 5.69 Å². The summed E-state index contributed by atoms with van der Waals surface area (Å²) >= 11 is 6.34. The maximum atomic E-state index is 10.6. The lowest BCUT2D eigenvalue weighted by molar-refractivity contribution is 0.0791. The molecule has 1 N–H and O–H groups in total. The minimum absolute atomic E-state index is 0.229. The third kappa shape index (κ3) is 3.89. The standard InChI is InChI=1S/C21H26ClN3O/c22-18-8-4-5-9-19(18)24-10-12-25(13-11-24)20-15-23(16-21(20)26)14-17-6-2-1-3-7-17/h1-9,20-21,26H,10-16H2/t20-,21?/m1/s1. The molecule has 2 heterocycles. The number of piperazine rings is 1. The van der Waals surface area contributed by atoms with Crippen molar-refractivity contribution in [2.75, 3.05) is 44.2 Å². The molecule has 26 heavy (non-hydrogen) atoms. The van der Waals surface area contributed by atoms with Gasteiger partial charge in [0.2, 0.25) is 0 Å². The summed E-state index contributed by atoms with van der Waals surface area (Å²) in [7, 11) is 0. The lowest BCUT2D eigenvalue weighted by Gasteiger charge is -2.40. The highest BCUT2D eigenvalue weighted by Gasteiger charge is 2.36. The molecule has 2 fully saturated rings. The molecule has 5 heteroatoms. The normalized spacial score (nSPS) is 24.9. The molecule has 2 aliphatic rings. The van der Waals surface area contributed by atoms with Crippen LogP contribution in [0.1, 0.15) is 5.56 Å². The molecule has 0 saturated carbocycles. The van der Waals surface area contributed by atoms with E-state index in [2.05, 4.69) is 45.0 Å². The summed E-state index contributed by atoms with van der Waals surface area (Å²) in [5.74, 6) is 0. The number of aliphatic hydroxyl groups is 1. The van der Waals surface area contributed by atoms with E-state index in [1.807, 2.05) is 24.3 Å². The van der Waals surface area contributed by atoms with Gasteiger partial charge in [0.15, 0.2) is 0 Å². The number of rotatable bonds is 4. The van der Waals surface area contributed by atoms with E-state index in [0.29, 0.717) is 0 Å². The zero-order valence-corrected chi connectivity index (χ0v) is 15.7. The minimum atomic E-state index is -0.273. The highest BCUT2D eigenvalue weighted by molar-refractivity contribution is 6.33. The molecule has 0 radical (unpaired) electrons. The SMILES string of the molecule is OC1CN(Cc2ccccc2)C[C@H]1N1CCN(c2ccccc2Cl)CC1.